The van der Waals surface area contributed by atoms with Gasteiger partial charge >= 0.3 is 0 Å². The number of rotatable bonds is 18. The molecule has 0 aliphatic rings. The Hall–Kier alpha value is 0.0200. The van der Waals surface area contributed by atoms with Crippen LogP contribution in [0.25, 0.3) is 0 Å². The molecular weight excluding hydrogens is 276 g/mol. The molecule has 0 heterocycles. The van der Waals surface area contributed by atoms with E-state index in [1.165, 1.54) is 95.6 Å². The molecule has 0 aromatic rings. The molecule has 0 amide bonds. The zero-order valence-corrected chi connectivity index (χ0v) is 15.2. The second-order valence-corrected chi connectivity index (χ2v) is 7.39. The molecule has 2 heteroatoms. The van der Waals surface area contributed by atoms with Crippen LogP contribution in [0.1, 0.15) is 103 Å². The fourth-order valence-corrected chi connectivity index (χ4v) is 3.51. The second kappa shape index (κ2) is 20.0. The van der Waals surface area contributed by atoms with E-state index in [1.807, 2.05) is 11.8 Å². The Kier molecular flexibility index (Phi) is 20.0. The molecular formula is C19H38OS. The minimum absolute atomic E-state index is 0.725. The molecule has 0 unspecified atom stereocenters. The summed E-state index contributed by atoms with van der Waals surface area (Å²) in [7, 11) is 0. The lowest BCUT2D eigenvalue weighted by atomic mass is 10.0. The predicted molar refractivity (Wildman–Crippen MR) is 98.3 cm³/mol. The van der Waals surface area contributed by atoms with Crippen molar-refractivity contribution in [2.45, 2.75) is 103 Å². The monoisotopic (exact) mass is 314 g/mol. The van der Waals surface area contributed by atoms with Crippen LogP contribution in [0.15, 0.2) is 0 Å². The molecule has 0 fully saturated rings. The van der Waals surface area contributed by atoms with E-state index in [0.29, 0.717) is 0 Å². The summed E-state index contributed by atoms with van der Waals surface area (Å²) in [5.74, 6) is 2.26. The molecule has 0 spiro atoms. The molecule has 0 saturated carbocycles. The summed E-state index contributed by atoms with van der Waals surface area (Å²) in [6.45, 7) is 2.28. The molecule has 0 bridgehead atoms. The number of hydrogen-bond acceptors (Lipinski definition) is 2. The molecule has 0 radical (unpaired) electrons. The van der Waals surface area contributed by atoms with Crippen LogP contribution >= 0.6 is 11.8 Å². The highest BCUT2D eigenvalue weighted by Crippen LogP contribution is 2.13. The van der Waals surface area contributed by atoms with Crippen molar-refractivity contribution < 1.29 is 4.79 Å². The van der Waals surface area contributed by atoms with Gasteiger partial charge in [0.25, 0.3) is 0 Å². The molecule has 1 nitrogen and oxygen atoms in total. The Morgan fingerprint density at radius 3 is 1.48 bits per heavy atom. The van der Waals surface area contributed by atoms with Crippen LogP contribution in [0, 0.1) is 0 Å². The third-order valence-electron chi connectivity index (χ3n) is 4.02. The lowest BCUT2D eigenvalue weighted by Gasteiger charge is -2.03. The van der Waals surface area contributed by atoms with Crippen LogP contribution in [0.4, 0.5) is 0 Å². The van der Waals surface area contributed by atoms with Crippen molar-refractivity contribution in [3.05, 3.63) is 0 Å². The van der Waals surface area contributed by atoms with E-state index < -0.39 is 0 Å². The minimum Gasteiger partial charge on any atom is -0.303 e. The third-order valence-corrected chi connectivity index (χ3v) is 5.12. The van der Waals surface area contributed by atoms with Crippen molar-refractivity contribution in [3.63, 3.8) is 0 Å². The van der Waals surface area contributed by atoms with Gasteiger partial charge in [-0.15, -0.1) is 0 Å². The van der Waals surface area contributed by atoms with Crippen molar-refractivity contribution in [3.8, 4) is 0 Å². The van der Waals surface area contributed by atoms with E-state index in [4.69, 9.17) is 0 Å². The Morgan fingerprint density at radius 1 is 0.619 bits per heavy atom. The average molecular weight is 315 g/mol. The first kappa shape index (κ1) is 21.0. The molecule has 126 valence electrons. The topological polar surface area (TPSA) is 17.1 Å². The molecule has 0 atom stereocenters. The third kappa shape index (κ3) is 20.0. The van der Waals surface area contributed by atoms with Crippen LogP contribution in [0.3, 0.4) is 0 Å². The van der Waals surface area contributed by atoms with Gasteiger partial charge in [-0.25, -0.2) is 0 Å². The van der Waals surface area contributed by atoms with Gasteiger partial charge < -0.3 is 4.79 Å². The fourth-order valence-electron chi connectivity index (χ4n) is 2.63. The highest BCUT2D eigenvalue weighted by atomic mass is 32.2. The van der Waals surface area contributed by atoms with Gasteiger partial charge in [0.2, 0.25) is 0 Å². The summed E-state index contributed by atoms with van der Waals surface area (Å²) in [4.78, 5) is 10.2. The molecule has 0 aliphatic carbocycles. The van der Waals surface area contributed by atoms with Gasteiger partial charge in [-0.2, -0.15) is 11.8 Å². The van der Waals surface area contributed by atoms with Crippen molar-refractivity contribution in [1.29, 1.82) is 0 Å². The Bertz CT molecular complexity index is 194. The fraction of sp³-hybridized carbons (Fsp3) is 0.947. The molecule has 21 heavy (non-hydrogen) atoms. The maximum Gasteiger partial charge on any atom is 0.120 e. The van der Waals surface area contributed by atoms with Gasteiger partial charge in [0.05, 0.1) is 0 Å². The largest absolute Gasteiger partial charge is 0.303 e. The molecule has 0 aromatic heterocycles. The number of thioether (sulfide) groups is 1. The van der Waals surface area contributed by atoms with E-state index in [9.17, 15) is 4.79 Å². The first-order chi connectivity index (χ1) is 10.4. The Labute approximate surface area is 138 Å². The molecule has 0 saturated heterocycles. The summed E-state index contributed by atoms with van der Waals surface area (Å²) in [6, 6.07) is 0. The van der Waals surface area contributed by atoms with Crippen molar-refractivity contribution in [2.75, 3.05) is 11.5 Å². The van der Waals surface area contributed by atoms with Gasteiger partial charge in [-0.3, -0.25) is 0 Å². The number of aldehydes is 1. The maximum absolute atomic E-state index is 10.2. The lowest BCUT2D eigenvalue weighted by Crippen LogP contribution is -1.86. The summed E-state index contributed by atoms with van der Waals surface area (Å²) in [6.07, 6.45) is 21.7. The van der Waals surface area contributed by atoms with Crippen LogP contribution in [-0.2, 0) is 4.79 Å². The predicted octanol–water partition coefficient (Wildman–Crippen LogP) is 6.79. The smallest absolute Gasteiger partial charge is 0.120 e. The van der Waals surface area contributed by atoms with Crippen molar-refractivity contribution in [1.82, 2.24) is 0 Å². The standard InChI is InChI=1S/C19H38OS/c1-2-3-4-5-6-7-8-9-10-11-12-13-14-15-18-21-19-16-17-20/h17H,2-16,18-19H2,1H3. The zero-order valence-electron chi connectivity index (χ0n) is 14.4. The van der Waals surface area contributed by atoms with Gasteiger partial charge in [-0.1, -0.05) is 90.4 Å². The summed E-state index contributed by atoms with van der Waals surface area (Å²) in [5.41, 5.74) is 0. The Morgan fingerprint density at radius 2 is 1.05 bits per heavy atom. The first-order valence-corrected chi connectivity index (χ1v) is 10.6. The summed E-state index contributed by atoms with van der Waals surface area (Å²) >= 11 is 1.93. The highest BCUT2D eigenvalue weighted by Gasteiger charge is 1.94. The van der Waals surface area contributed by atoms with Crippen LogP contribution in [0.5, 0.6) is 0 Å². The number of carbonyl (C=O) groups is 1. The summed E-state index contributed by atoms with van der Waals surface area (Å²) < 4.78 is 0. The van der Waals surface area contributed by atoms with Crippen LogP contribution < -0.4 is 0 Å². The highest BCUT2D eigenvalue weighted by molar-refractivity contribution is 7.99. The average Bonchev–Trinajstić information content (AvgIpc) is 2.50. The van der Waals surface area contributed by atoms with Crippen LogP contribution in [-0.4, -0.2) is 17.8 Å². The number of carbonyl (C=O) groups excluding carboxylic acids is 1. The summed E-state index contributed by atoms with van der Waals surface area (Å²) in [5, 5.41) is 0. The minimum atomic E-state index is 0.725. The van der Waals surface area contributed by atoms with Gasteiger partial charge in [0, 0.05) is 6.42 Å². The van der Waals surface area contributed by atoms with Gasteiger partial charge in [0.15, 0.2) is 0 Å². The van der Waals surface area contributed by atoms with Gasteiger partial charge in [-0.05, 0) is 17.9 Å². The Balaban J connectivity index is 2.91. The van der Waals surface area contributed by atoms with E-state index >= 15 is 0 Å². The molecule has 0 aliphatic heterocycles. The molecule has 0 rings (SSSR count). The normalized spacial score (nSPS) is 10.9. The molecule has 0 aromatic carbocycles. The number of unbranched alkanes of at least 4 members (excludes halogenated alkanes) is 13. The van der Waals surface area contributed by atoms with Gasteiger partial charge in [0.1, 0.15) is 6.29 Å². The first-order valence-electron chi connectivity index (χ1n) is 9.43. The van der Waals surface area contributed by atoms with Crippen LogP contribution in [0.2, 0.25) is 0 Å². The van der Waals surface area contributed by atoms with E-state index in [-0.39, 0.29) is 0 Å². The quantitative estimate of drug-likeness (QED) is 0.205. The van der Waals surface area contributed by atoms with E-state index in [0.717, 1.165) is 18.5 Å². The lowest BCUT2D eigenvalue weighted by molar-refractivity contribution is -0.107. The van der Waals surface area contributed by atoms with Crippen molar-refractivity contribution in [2.24, 2.45) is 0 Å². The van der Waals surface area contributed by atoms with E-state index in [2.05, 4.69) is 6.92 Å². The second-order valence-electron chi connectivity index (χ2n) is 6.16. The molecule has 0 N–H and O–H groups in total. The zero-order chi connectivity index (χ0) is 15.4. The maximum atomic E-state index is 10.2. The SMILES string of the molecule is CCCCCCCCCCCCCCCCSCCC=O. The number of hydrogen-bond donors (Lipinski definition) is 0. The van der Waals surface area contributed by atoms with Crippen molar-refractivity contribution >= 4 is 18.0 Å². The van der Waals surface area contributed by atoms with E-state index in [1.54, 1.807) is 0 Å².